The van der Waals surface area contributed by atoms with E-state index in [1.807, 2.05) is 30.3 Å². The van der Waals surface area contributed by atoms with Crippen LogP contribution in [-0.2, 0) is 16.1 Å². The number of benzene rings is 2. The predicted octanol–water partition coefficient (Wildman–Crippen LogP) is 4.12. The molecule has 1 heterocycles. The highest BCUT2D eigenvalue weighted by molar-refractivity contribution is 5.99. The molecule has 33 heavy (non-hydrogen) atoms. The van der Waals surface area contributed by atoms with Crippen LogP contribution in [0.2, 0.25) is 0 Å². The number of rotatable bonds is 9. The molecule has 0 atom stereocenters. The first kappa shape index (κ1) is 21.6. The number of hydrogen-bond acceptors (Lipinski definition) is 6. The minimum absolute atomic E-state index is 0.0589. The minimum atomic E-state index is -0.594. The molecule has 2 aromatic carbocycles. The van der Waals surface area contributed by atoms with E-state index in [-0.39, 0.29) is 18.5 Å². The summed E-state index contributed by atoms with van der Waals surface area (Å²) >= 11 is 0. The van der Waals surface area contributed by atoms with Crippen molar-refractivity contribution in [1.82, 2.24) is 5.32 Å². The summed E-state index contributed by atoms with van der Waals surface area (Å²) in [5.41, 5.74) is 2.75. The Balaban J connectivity index is 1.41. The molecule has 0 spiro atoms. The van der Waals surface area contributed by atoms with Crippen molar-refractivity contribution < 1.29 is 28.5 Å². The monoisotopic (exact) mass is 451 g/mol. The molecule has 5 rings (SSSR count). The molecule has 0 saturated heterocycles. The highest BCUT2D eigenvalue weighted by atomic mass is 16.5. The van der Waals surface area contributed by atoms with Gasteiger partial charge in [0.2, 0.25) is 5.75 Å². The number of ether oxygens (including phenoxy) is 4. The molecule has 1 amide bonds. The number of carbonyl (C=O) groups is 2. The zero-order valence-corrected chi connectivity index (χ0v) is 19.1. The first-order chi connectivity index (χ1) is 16.0. The molecule has 7 nitrogen and oxygen atoms in total. The molecule has 2 fully saturated rings. The van der Waals surface area contributed by atoms with Gasteiger partial charge in [-0.2, -0.15) is 0 Å². The third-order valence-electron chi connectivity index (χ3n) is 7.05. The van der Waals surface area contributed by atoms with Crippen molar-refractivity contribution in [1.29, 1.82) is 0 Å². The second-order valence-electron chi connectivity index (χ2n) is 9.20. The lowest BCUT2D eigenvalue weighted by atomic mass is 9.86. The second kappa shape index (κ2) is 8.61. The number of hydrogen-bond donors (Lipinski definition) is 1. The number of fused-ring (bicyclic) bond motifs is 1. The van der Waals surface area contributed by atoms with Crippen molar-refractivity contribution >= 4 is 11.9 Å². The fraction of sp³-hybridized carbons (Fsp3) is 0.462. The van der Waals surface area contributed by atoms with Gasteiger partial charge in [0, 0.05) is 17.7 Å². The van der Waals surface area contributed by atoms with Gasteiger partial charge >= 0.3 is 5.97 Å². The van der Waals surface area contributed by atoms with E-state index in [1.54, 1.807) is 14.2 Å². The van der Waals surface area contributed by atoms with E-state index >= 15 is 0 Å². The summed E-state index contributed by atoms with van der Waals surface area (Å²) in [6.07, 6.45) is 5.02. The lowest BCUT2D eigenvalue weighted by Gasteiger charge is -2.26. The van der Waals surface area contributed by atoms with E-state index in [1.165, 1.54) is 6.42 Å². The van der Waals surface area contributed by atoms with Crippen molar-refractivity contribution in [3.8, 4) is 28.4 Å². The van der Waals surface area contributed by atoms with Gasteiger partial charge in [-0.05, 0) is 67.0 Å². The SMILES string of the molecule is COc1ccc(-c2ccc3c(c2)CNC3=O)c(OCC2(C(=O)OCC3CCC3)CC2)c1OC. The summed E-state index contributed by atoms with van der Waals surface area (Å²) in [5.74, 6) is 1.83. The van der Waals surface area contributed by atoms with Crippen LogP contribution >= 0.6 is 0 Å². The molecule has 7 heteroatoms. The van der Waals surface area contributed by atoms with Crippen LogP contribution in [0.25, 0.3) is 11.1 Å². The number of methoxy groups -OCH3 is 2. The van der Waals surface area contributed by atoms with E-state index in [2.05, 4.69) is 5.32 Å². The quantitative estimate of drug-likeness (QED) is 0.578. The Hall–Kier alpha value is -3.22. The molecule has 2 aromatic rings. The van der Waals surface area contributed by atoms with Gasteiger partial charge in [0.25, 0.3) is 5.91 Å². The molecular formula is C26H29NO6. The zero-order chi connectivity index (χ0) is 23.0. The Kier molecular flexibility index (Phi) is 5.64. The smallest absolute Gasteiger partial charge is 0.315 e. The third-order valence-corrected chi connectivity index (χ3v) is 7.05. The molecule has 3 aliphatic rings. The Morgan fingerprint density at radius 1 is 1.06 bits per heavy atom. The summed E-state index contributed by atoms with van der Waals surface area (Å²) < 4.78 is 23.1. The maximum absolute atomic E-state index is 12.8. The number of amides is 1. The molecule has 0 radical (unpaired) electrons. The largest absolute Gasteiger partial charge is 0.493 e. The maximum atomic E-state index is 12.8. The summed E-state index contributed by atoms with van der Waals surface area (Å²) in [7, 11) is 3.15. The van der Waals surface area contributed by atoms with Gasteiger partial charge in [0.15, 0.2) is 11.5 Å². The van der Waals surface area contributed by atoms with Crippen molar-refractivity contribution in [2.45, 2.75) is 38.6 Å². The lowest BCUT2D eigenvalue weighted by molar-refractivity contribution is -0.153. The Labute approximate surface area is 193 Å². The van der Waals surface area contributed by atoms with Crippen LogP contribution in [0.3, 0.4) is 0 Å². The van der Waals surface area contributed by atoms with Crippen molar-refractivity contribution in [3.05, 3.63) is 41.5 Å². The van der Waals surface area contributed by atoms with Crippen LogP contribution in [0.5, 0.6) is 17.2 Å². The topological polar surface area (TPSA) is 83.1 Å². The Bertz CT molecular complexity index is 1090. The molecule has 0 bridgehead atoms. The average molecular weight is 452 g/mol. The third kappa shape index (κ3) is 4.01. The number of esters is 1. The van der Waals surface area contributed by atoms with Gasteiger partial charge in [-0.25, -0.2) is 0 Å². The van der Waals surface area contributed by atoms with Gasteiger partial charge in [0.05, 0.1) is 20.8 Å². The first-order valence-corrected chi connectivity index (χ1v) is 11.5. The van der Waals surface area contributed by atoms with Gasteiger partial charge in [-0.1, -0.05) is 12.5 Å². The fourth-order valence-electron chi connectivity index (χ4n) is 4.44. The van der Waals surface area contributed by atoms with Gasteiger partial charge in [0.1, 0.15) is 12.0 Å². The molecule has 2 aliphatic carbocycles. The zero-order valence-electron chi connectivity index (χ0n) is 19.1. The van der Waals surface area contributed by atoms with Crippen LogP contribution in [0.1, 0.15) is 48.0 Å². The Morgan fingerprint density at radius 2 is 1.85 bits per heavy atom. The summed E-state index contributed by atoms with van der Waals surface area (Å²) in [6.45, 7) is 1.23. The van der Waals surface area contributed by atoms with Gasteiger partial charge in [-0.3, -0.25) is 9.59 Å². The molecule has 1 aliphatic heterocycles. The minimum Gasteiger partial charge on any atom is -0.493 e. The van der Waals surface area contributed by atoms with Crippen molar-refractivity contribution in [3.63, 3.8) is 0 Å². The molecule has 0 unspecified atom stereocenters. The van der Waals surface area contributed by atoms with Gasteiger partial charge < -0.3 is 24.3 Å². The summed E-state index contributed by atoms with van der Waals surface area (Å²) in [4.78, 5) is 24.7. The van der Waals surface area contributed by atoms with E-state index < -0.39 is 5.41 Å². The molecular weight excluding hydrogens is 422 g/mol. The average Bonchev–Trinajstić information content (AvgIpc) is 3.52. The molecule has 0 aromatic heterocycles. The maximum Gasteiger partial charge on any atom is 0.315 e. The normalized spacial score (nSPS) is 18.1. The summed E-state index contributed by atoms with van der Waals surface area (Å²) in [6, 6.07) is 9.46. The Morgan fingerprint density at radius 3 is 2.52 bits per heavy atom. The second-order valence-corrected chi connectivity index (χ2v) is 9.20. The number of carbonyl (C=O) groups excluding carboxylic acids is 2. The van der Waals surface area contributed by atoms with E-state index in [9.17, 15) is 9.59 Å². The highest BCUT2D eigenvalue weighted by Gasteiger charge is 2.52. The number of nitrogens with one attached hydrogen (secondary N) is 1. The van der Waals surface area contributed by atoms with Crippen LogP contribution in [0.15, 0.2) is 30.3 Å². The molecule has 1 N–H and O–H groups in total. The van der Waals surface area contributed by atoms with Gasteiger partial charge in [-0.15, -0.1) is 0 Å². The van der Waals surface area contributed by atoms with Crippen LogP contribution < -0.4 is 19.5 Å². The fourth-order valence-corrected chi connectivity index (χ4v) is 4.44. The van der Waals surface area contributed by atoms with Crippen molar-refractivity contribution in [2.75, 3.05) is 27.4 Å². The van der Waals surface area contributed by atoms with E-state index in [0.717, 1.165) is 42.4 Å². The van der Waals surface area contributed by atoms with E-state index in [0.29, 0.717) is 41.9 Å². The van der Waals surface area contributed by atoms with Crippen LogP contribution in [0, 0.1) is 11.3 Å². The highest BCUT2D eigenvalue weighted by Crippen LogP contribution is 2.50. The standard InChI is InChI=1S/C26H29NO6/c1-30-21-9-8-19(17-6-7-20-18(12-17)13-27-24(20)28)22(23(21)31-2)33-15-26(10-11-26)25(29)32-14-16-4-3-5-16/h6-9,12,16H,3-5,10-11,13-15H2,1-2H3,(H,27,28). The van der Waals surface area contributed by atoms with Crippen LogP contribution in [0.4, 0.5) is 0 Å². The first-order valence-electron chi connectivity index (χ1n) is 11.5. The predicted molar refractivity (Wildman–Crippen MR) is 122 cm³/mol. The van der Waals surface area contributed by atoms with Crippen LogP contribution in [-0.4, -0.2) is 39.3 Å². The summed E-state index contributed by atoms with van der Waals surface area (Å²) in [5, 5.41) is 2.85. The lowest BCUT2D eigenvalue weighted by Crippen LogP contribution is -2.29. The van der Waals surface area contributed by atoms with Crippen molar-refractivity contribution in [2.24, 2.45) is 11.3 Å². The van der Waals surface area contributed by atoms with E-state index in [4.69, 9.17) is 18.9 Å². The molecule has 2 saturated carbocycles. The molecule has 174 valence electrons.